The molecule has 1 aliphatic heterocycles. The van der Waals surface area contributed by atoms with Gasteiger partial charge in [0.25, 0.3) is 0 Å². The first-order valence-electron chi connectivity index (χ1n) is 7.69. The smallest absolute Gasteiger partial charge is 0.159 e. The molecule has 1 aliphatic rings. The summed E-state index contributed by atoms with van der Waals surface area (Å²) in [7, 11) is 2.18. The van der Waals surface area contributed by atoms with Crippen LogP contribution in [0.15, 0.2) is 24.3 Å². The van der Waals surface area contributed by atoms with Crippen molar-refractivity contribution in [1.29, 1.82) is 0 Å². The molecule has 0 N–H and O–H groups in total. The molecule has 21 heavy (non-hydrogen) atoms. The van der Waals surface area contributed by atoms with E-state index in [1.165, 1.54) is 0 Å². The minimum absolute atomic E-state index is 0.0879. The van der Waals surface area contributed by atoms with E-state index in [2.05, 4.69) is 23.8 Å². The second-order valence-corrected chi connectivity index (χ2v) is 6.10. The van der Waals surface area contributed by atoms with Gasteiger partial charge in [-0.2, -0.15) is 0 Å². The number of rotatable bonds is 6. The van der Waals surface area contributed by atoms with Gasteiger partial charge in [0, 0.05) is 44.2 Å². The molecule has 4 nitrogen and oxygen atoms in total. The van der Waals surface area contributed by atoms with E-state index >= 15 is 0 Å². The van der Waals surface area contributed by atoms with Gasteiger partial charge in [-0.05, 0) is 38.2 Å². The van der Waals surface area contributed by atoms with Crippen molar-refractivity contribution >= 4 is 5.78 Å². The average molecular weight is 290 g/mol. The Morgan fingerprint density at radius 1 is 1.19 bits per heavy atom. The highest BCUT2D eigenvalue weighted by Crippen LogP contribution is 2.14. The van der Waals surface area contributed by atoms with Crippen molar-refractivity contribution in [2.75, 3.05) is 46.4 Å². The maximum Gasteiger partial charge on any atom is 0.159 e. The minimum atomic E-state index is 0.0879. The van der Waals surface area contributed by atoms with E-state index in [1.54, 1.807) is 6.92 Å². The third-order valence-electron chi connectivity index (χ3n) is 3.96. The van der Waals surface area contributed by atoms with Crippen molar-refractivity contribution in [2.45, 2.75) is 13.8 Å². The summed E-state index contributed by atoms with van der Waals surface area (Å²) < 4.78 is 5.82. The Balaban J connectivity index is 1.73. The molecule has 1 fully saturated rings. The highest BCUT2D eigenvalue weighted by Gasteiger charge is 2.16. The van der Waals surface area contributed by atoms with Crippen LogP contribution >= 0.6 is 0 Å². The molecular formula is C17H26N2O2. The van der Waals surface area contributed by atoms with Gasteiger partial charge in [-0.1, -0.05) is 6.92 Å². The van der Waals surface area contributed by atoms with E-state index in [-0.39, 0.29) is 5.78 Å². The number of likely N-dealkylation sites (N-methyl/N-ethyl adjacent to an activating group) is 1. The summed E-state index contributed by atoms with van der Waals surface area (Å²) in [4.78, 5) is 16.1. The van der Waals surface area contributed by atoms with Crippen molar-refractivity contribution < 1.29 is 9.53 Å². The predicted octanol–water partition coefficient (Wildman–Crippen LogP) is 2.15. The van der Waals surface area contributed by atoms with Crippen molar-refractivity contribution in [1.82, 2.24) is 9.80 Å². The highest BCUT2D eigenvalue weighted by molar-refractivity contribution is 5.94. The number of ketones is 1. The maximum absolute atomic E-state index is 11.2. The van der Waals surface area contributed by atoms with Crippen LogP contribution in [0.5, 0.6) is 5.75 Å². The standard InChI is InChI=1S/C17H26N2O2/c1-14(12-19-10-8-18(3)9-11-19)13-21-17-6-4-16(5-7-17)15(2)20/h4-7,14H,8-13H2,1-3H3. The van der Waals surface area contributed by atoms with E-state index in [0.717, 1.165) is 44.0 Å². The average Bonchev–Trinajstić information content (AvgIpc) is 2.48. The summed E-state index contributed by atoms with van der Waals surface area (Å²) in [6.07, 6.45) is 0. The summed E-state index contributed by atoms with van der Waals surface area (Å²) in [5.41, 5.74) is 0.729. The molecule has 116 valence electrons. The summed E-state index contributed by atoms with van der Waals surface area (Å²) in [5, 5.41) is 0. The number of carbonyl (C=O) groups is 1. The SMILES string of the molecule is CC(=O)c1ccc(OCC(C)CN2CCN(C)CC2)cc1. The zero-order valence-corrected chi connectivity index (χ0v) is 13.3. The van der Waals surface area contributed by atoms with Crippen LogP contribution in [-0.4, -0.2) is 62.0 Å². The topological polar surface area (TPSA) is 32.8 Å². The van der Waals surface area contributed by atoms with E-state index < -0.39 is 0 Å². The number of nitrogens with zero attached hydrogens (tertiary/aromatic N) is 2. The first-order chi connectivity index (χ1) is 10.0. The second kappa shape index (κ2) is 7.57. The molecule has 1 unspecified atom stereocenters. The van der Waals surface area contributed by atoms with Gasteiger partial charge >= 0.3 is 0 Å². The summed E-state index contributed by atoms with van der Waals surface area (Å²) in [6.45, 7) is 10.2. The number of piperazine rings is 1. The van der Waals surface area contributed by atoms with Gasteiger partial charge in [0.1, 0.15) is 5.75 Å². The van der Waals surface area contributed by atoms with Crippen molar-refractivity contribution in [3.05, 3.63) is 29.8 Å². The summed E-state index contributed by atoms with van der Waals surface area (Å²) in [5.74, 6) is 1.43. The molecule has 1 aromatic carbocycles. The number of hydrogen-bond donors (Lipinski definition) is 0. The lowest BCUT2D eigenvalue weighted by molar-refractivity contribution is 0.101. The monoisotopic (exact) mass is 290 g/mol. The van der Waals surface area contributed by atoms with E-state index in [9.17, 15) is 4.79 Å². The molecule has 0 bridgehead atoms. The lowest BCUT2D eigenvalue weighted by Gasteiger charge is -2.33. The van der Waals surface area contributed by atoms with Crippen LogP contribution in [0.2, 0.25) is 0 Å². The highest BCUT2D eigenvalue weighted by atomic mass is 16.5. The zero-order chi connectivity index (χ0) is 15.2. The molecule has 1 saturated heterocycles. The number of benzene rings is 1. The first-order valence-corrected chi connectivity index (χ1v) is 7.69. The molecule has 0 radical (unpaired) electrons. The van der Waals surface area contributed by atoms with E-state index in [0.29, 0.717) is 12.5 Å². The Morgan fingerprint density at radius 2 is 1.81 bits per heavy atom. The van der Waals surface area contributed by atoms with Gasteiger partial charge in [-0.15, -0.1) is 0 Å². The van der Waals surface area contributed by atoms with Gasteiger partial charge in [0.15, 0.2) is 5.78 Å². The van der Waals surface area contributed by atoms with Crippen molar-refractivity contribution in [3.8, 4) is 5.75 Å². The van der Waals surface area contributed by atoms with Gasteiger partial charge in [-0.25, -0.2) is 0 Å². The van der Waals surface area contributed by atoms with E-state index in [1.807, 2.05) is 24.3 Å². The molecule has 1 aromatic rings. The maximum atomic E-state index is 11.2. The molecular weight excluding hydrogens is 264 g/mol. The Kier molecular flexibility index (Phi) is 5.76. The number of Topliss-reactive ketones (excluding diaryl/α,β-unsaturated/α-hetero) is 1. The molecule has 4 heteroatoms. The molecule has 0 aliphatic carbocycles. The fourth-order valence-electron chi connectivity index (χ4n) is 2.55. The molecule has 0 saturated carbocycles. The lowest BCUT2D eigenvalue weighted by Crippen LogP contribution is -2.46. The minimum Gasteiger partial charge on any atom is -0.493 e. The fraction of sp³-hybridized carbons (Fsp3) is 0.588. The van der Waals surface area contributed by atoms with E-state index in [4.69, 9.17) is 4.74 Å². The molecule has 0 aromatic heterocycles. The normalized spacial score (nSPS) is 18.4. The summed E-state index contributed by atoms with van der Waals surface area (Å²) >= 11 is 0. The molecule has 1 heterocycles. The zero-order valence-electron chi connectivity index (χ0n) is 13.3. The number of ether oxygens (including phenoxy) is 1. The lowest BCUT2D eigenvalue weighted by atomic mass is 10.1. The Morgan fingerprint density at radius 3 is 2.38 bits per heavy atom. The quantitative estimate of drug-likeness (QED) is 0.752. The van der Waals surface area contributed by atoms with Gasteiger partial charge in [0.05, 0.1) is 6.61 Å². The molecule has 2 rings (SSSR count). The number of hydrogen-bond acceptors (Lipinski definition) is 4. The first kappa shape index (κ1) is 16.0. The Bertz CT molecular complexity index is 450. The van der Waals surface area contributed by atoms with Crippen LogP contribution in [-0.2, 0) is 0 Å². The van der Waals surface area contributed by atoms with Crippen LogP contribution < -0.4 is 4.74 Å². The fourth-order valence-corrected chi connectivity index (χ4v) is 2.55. The Hall–Kier alpha value is -1.39. The summed E-state index contributed by atoms with van der Waals surface area (Å²) in [6, 6.07) is 7.39. The second-order valence-electron chi connectivity index (χ2n) is 6.10. The predicted molar refractivity (Wildman–Crippen MR) is 85.0 cm³/mol. The molecule has 0 spiro atoms. The van der Waals surface area contributed by atoms with Crippen LogP contribution in [0.3, 0.4) is 0 Å². The Labute approximate surface area is 127 Å². The molecule has 0 amide bonds. The largest absolute Gasteiger partial charge is 0.493 e. The third kappa shape index (κ3) is 5.14. The van der Waals surface area contributed by atoms with Crippen molar-refractivity contribution in [2.24, 2.45) is 5.92 Å². The van der Waals surface area contributed by atoms with Crippen LogP contribution in [0, 0.1) is 5.92 Å². The van der Waals surface area contributed by atoms with Crippen LogP contribution in [0.4, 0.5) is 0 Å². The number of carbonyl (C=O) groups excluding carboxylic acids is 1. The molecule has 1 atom stereocenters. The van der Waals surface area contributed by atoms with Gasteiger partial charge in [-0.3, -0.25) is 4.79 Å². The third-order valence-corrected chi connectivity index (χ3v) is 3.96. The van der Waals surface area contributed by atoms with Crippen molar-refractivity contribution in [3.63, 3.8) is 0 Å². The van der Waals surface area contributed by atoms with Gasteiger partial charge in [0.2, 0.25) is 0 Å². The van der Waals surface area contributed by atoms with Crippen LogP contribution in [0.1, 0.15) is 24.2 Å². The van der Waals surface area contributed by atoms with Gasteiger partial charge < -0.3 is 14.5 Å². The van der Waals surface area contributed by atoms with Crippen LogP contribution in [0.25, 0.3) is 0 Å².